The molecule has 0 unspecified atom stereocenters. The van der Waals surface area contributed by atoms with Gasteiger partial charge in [0.1, 0.15) is 6.54 Å². The van der Waals surface area contributed by atoms with E-state index in [4.69, 9.17) is 5.11 Å². The molecule has 2 aliphatic carbocycles. The lowest BCUT2D eigenvalue weighted by atomic mass is 10.3. The molecule has 2 saturated carbocycles. The number of carbonyl (C=O) groups is 2. The van der Waals surface area contributed by atoms with Crippen molar-refractivity contribution in [1.82, 2.24) is 9.80 Å². The van der Waals surface area contributed by atoms with Gasteiger partial charge in [-0.2, -0.15) is 0 Å². The molecule has 18 heavy (non-hydrogen) atoms. The van der Waals surface area contributed by atoms with Gasteiger partial charge < -0.3 is 14.9 Å². The highest BCUT2D eigenvalue weighted by molar-refractivity contribution is 5.81. The Morgan fingerprint density at radius 2 is 1.83 bits per heavy atom. The molecule has 102 valence electrons. The zero-order valence-corrected chi connectivity index (χ0v) is 11.1. The van der Waals surface area contributed by atoms with Gasteiger partial charge in [0.15, 0.2) is 0 Å². The molecule has 0 bridgehead atoms. The molecule has 2 amide bonds. The molecule has 0 aromatic heterocycles. The number of carbonyl (C=O) groups excluding carboxylic acids is 1. The molecule has 0 spiro atoms. The van der Waals surface area contributed by atoms with Gasteiger partial charge >= 0.3 is 12.0 Å². The summed E-state index contributed by atoms with van der Waals surface area (Å²) < 4.78 is 0. The third-order valence-corrected chi connectivity index (χ3v) is 3.56. The molecule has 0 aliphatic heterocycles. The van der Waals surface area contributed by atoms with E-state index in [0.717, 1.165) is 19.4 Å². The van der Waals surface area contributed by atoms with Gasteiger partial charge in [0.05, 0.1) is 0 Å². The number of urea groups is 1. The summed E-state index contributed by atoms with van der Waals surface area (Å²) >= 11 is 0. The van der Waals surface area contributed by atoms with E-state index in [1.807, 2.05) is 18.7 Å². The van der Waals surface area contributed by atoms with Crippen LogP contribution in [0.4, 0.5) is 4.79 Å². The number of carboxylic acids is 1. The highest BCUT2D eigenvalue weighted by Gasteiger charge is 2.38. The zero-order valence-electron chi connectivity index (χ0n) is 11.1. The van der Waals surface area contributed by atoms with Gasteiger partial charge in [-0.05, 0) is 45.4 Å². The van der Waals surface area contributed by atoms with Crippen molar-refractivity contribution in [2.45, 2.75) is 51.6 Å². The molecular formula is C13H22N2O3. The first kappa shape index (κ1) is 13.2. The van der Waals surface area contributed by atoms with Crippen LogP contribution in [0.2, 0.25) is 0 Å². The van der Waals surface area contributed by atoms with Crippen molar-refractivity contribution in [3.8, 4) is 0 Å². The minimum Gasteiger partial charge on any atom is -0.480 e. The third-order valence-electron chi connectivity index (χ3n) is 3.56. The van der Waals surface area contributed by atoms with Crippen LogP contribution in [0, 0.1) is 5.92 Å². The van der Waals surface area contributed by atoms with Gasteiger partial charge in [0, 0.05) is 18.6 Å². The molecular weight excluding hydrogens is 232 g/mol. The lowest BCUT2D eigenvalue weighted by Crippen LogP contribution is -2.49. The number of nitrogens with zero attached hydrogens (tertiary/aromatic N) is 2. The molecule has 0 radical (unpaired) electrons. The van der Waals surface area contributed by atoms with Crippen LogP contribution in [0.25, 0.3) is 0 Å². The fourth-order valence-corrected chi connectivity index (χ4v) is 2.14. The van der Waals surface area contributed by atoms with E-state index >= 15 is 0 Å². The van der Waals surface area contributed by atoms with Crippen molar-refractivity contribution < 1.29 is 14.7 Å². The van der Waals surface area contributed by atoms with Crippen LogP contribution in [0.5, 0.6) is 0 Å². The van der Waals surface area contributed by atoms with Gasteiger partial charge in [-0.25, -0.2) is 4.79 Å². The third kappa shape index (κ3) is 3.37. The molecule has 0 aromatic carbocycles. The summed E-state index contributed by atoms with van der Waals surface area (Å²) in [7, 11) is 0. The maximum Gasteiger partial charge on any atom is 0.323 e. The SMILES string of the molecule is CC(C)N(CC1CC1)C(=O)N(CC(=O)O)C1CC1. The van der Waals surface area contributed by atoms with Crippen LogP contribution >= 0.6 is 0 Å². The van der Waals surface area contributed by atoms with Crippen LogP contribution in [0.15, 0.2) is 0 Å². The summed E-state index contributed by atoms with van der Waals surface area (Å²) in [5.41, 5.74) is 0. The van der Waals surface area contributed by atoms with Crippen LogP contribution < -0.4 is 0 Å². The number of hydrogen-bond donors (Lipinski definition) is 1. The summed E-state index contributed by atoms with van der Waals surface area (Å²) in [6.45, 7) is 4.59. The molecule has 2 aliphatic rings. The van der Waals surface area contributed by atoms with E-state index in [1.54, 1.807) is 0 Å². The van der Waals surface area contributed by atoms with Crippen molar-refractivity contribution in [2.24, 2.45) is 5.92 Å². The largest absolute Gasteiger partial charge is 0.480 e. The second kappa shape index (κ2) is 5.16. The fourth-order valence-electron chi connectivity index (χ4n) is 2.14. The van der Waals surface area contributed by atoms with Crippen LogP contribution in [0.3, 0.4) is 0 Å². The molecule has 5 heteroatoms. The highest BCUT2D eigenvalue weighted by atomic mass is 16.4. The molecule has 0 atom stereocenters. The van der Waals surface area contributed by atoms with Crippen molar-refractivity contribution >= 4 is 12.0 Å². The molecule has 0 saturated heterocycles. The van der Waals surface area contributed by atoms with E-state index in [2.05, 4.69) is 0 Å². The van der Waals surface area contributed by atoms with Crippen LogP contribution in [-0.4, -0.2) is 52.1 Å². The Bertz CT molecular complexity index is 335. The monoisotopic (exact) mass is 254 g/mol. The van der Waals surface area contributed by atoms with Gasteiger partial charge in [-0.3, -0.25) is 4.79 Å². The quantitative estimate of drug-likeness (QED) is 0.786. The Morgan fingerprint density at radius 3 is 2.22 bits per heavy atom. The minimum absolute atomic E-state index is 0.0956. The number of carboxylic acid groups (broad SMARTS) is 1. The summed E-state index contributed by atoms with van der Waals surface area (Å²) in [6.07, 6.45) is 4.26. The number of hydrogen-bond acceptors (Lipinski definition) is 2. The van der Waals surface area contributed by atoms with E-state index in [0.29, 0.717) is 5.92 Å². The van der Waals surface area contributed by atoms with Crippen LogP contribution in [0.1, 0.15) is 39.5 Å². The first-order valence-corrected chi connectivity index (χ1v) is 6.78. The predicted octanol–water partition coefficient (Wildman–Crippen LogP) is 1.78. The smallest absolute Gasteiger partial charge is 0.323 e. The number of rotatable bonds is 6. The van der Waals surface area contributed by atoms with E-state index in [1.165, 1.54) is 17.7 Å². The Kier molecular flexibility index (Phi) is 3.78. The summed E-state index contributed by atoms with van der Waals surface area (Å²) in [6, 6.07) is 0.184. The zero-order chi connectivity index (χ0) is 13.3. The molecule has 1 N–H and O–H groups in total. The molecule has 5 nitrogen and oxygen atoms in total. The van der Waals surface area contributed by atoms with E-state index < -0.39 is 5.97 Å². The van der Waals surface area contributed by atoms with E-state index in [9.17, 15) is 9.59 Å². The summed E-state index contributed by atoms with van der Waals surface area (Å²) in [4.78, 5) is 26.7. The maximum absolute atomic E-state index is 12.5. The van der Waals surface area contributed by atoms with Crippen molar-refractivity contribution in [3.63, 3.8) is 0 Å². The first-order chi connectivity index (χ1) is 8.49. The van der Waals surface area contributed by atoms with Gasteiger partial charge in [-0.15, -0.1) is 0 Å². The van der Waals surface area contributed by atoms with Gasteiger partial charge in [0.2, 0.25) is 0 Å². The topological polar surface area (TPSA) is 60.9 Å². The molecule has 0 heterocycles. The predicted molar refractivity (Wildman–Crippen MR) is 67.3 cm³/mol. The Morgan fingerprint density at radius 1 is 1.22 bits per heavy atom. The van der Waals surface area contributed by atoms with Gasteiger partial charge in [0.25, 0.3) is 0 Å². The number of amides is 2. The van der Waals surface area contributed by atoms with E-state index in [-0.39, 0.29) is 24.7 Å². The van der Waals surface area contributed by atoms with Gasteiger partial charge in [-0.1, -0.05) is 0 Å². The lowest BCUT2D eigenvalue weighted by molar-refractivity contribution is -0.137. The second-order valence-electron chi connectivity index (χ2n) is 5.72. The number of aliphatic carboxylic acids is 1. The average Bonchev–Trinajstić information content (AvgIpc) is 3.14. The van der Waals surface area contributed by atoms with Crippen molar-refractivity contribution in [3.05, 3.63) is 0 Å². The highest BCUT2D eigenvalue weighted by Crippen LogP contribution is 2.32. The van der Waals surface area contributed by atoms with Crippen molar-refractivity contribution in [2.75, 3.05) is 13.1 Å². The average molecular weight is 254 g/mol. The maximum atomic E-state index is 12.5. The Balaban J connectivity index is 2.01. The lowest BCUT2D eigenvalue weighted by Gasteiger charge is -2.32. The van der Waals surface area contributed by atoms with Crippen molar-refractivity contribution in [1.29, 1.82) is 0 Å². The molecule has 0 aromatic rings. The Labute approximate surface area is 108 Å². The summed E-state index contributed by atoms with van der Waals surface area (Å²) in [5, 5.41) is 8.91. The second-order valence-corrected chi connectivity index (χ2v) is 5.72. The minimum atomic E-state index is -0.926. The standard InChI is InChI=1S/C13H22N2O3/c1-9(2)14(7-10-3-4-10)13(18)15(8-12(16)17)11-5-6-11/h9-11H,3-8H2,1-2H3,(H,16,17). The first-order valence-electron chi connectivity index (χ1n) is 6.78. The summed E-state index contributed by atoms with van der Waals surface area (Å²) in [5.74, 6) is -0.299. The normalized spacial score (nSPS) is 18.8. The van der Waals surface area contributed by atoms with Crippen LogP contribution in [-0.2, 0) is 4.79 Å². The Hall–Kier alpha value is -1.26. The molecule has 2 fully saturated rings. The fraction of sp³-hybridized carbons (Fsp3) is 0.846. The molecule has 2 rings (SSSR count).